The van der Waals surface area contributed by atoms with Crippen LogP contribution in [-0.4, -0.2) is 20.2 Å². The summed E-state index contributed by atoms with van der Waals surface area (Å²) >= 11 is 0. The number of nitrogens with one attached hydrogen (secondary N) is 1. The molecule has 0 bridgehead atoms. The Morgan fingerprint density at radius 3 is 2.80 bits per heavy atom. The zero-order chi connectivity index (χ0) is 10.7. The standard InChI is InChI=1S/C8H10N6O/c1-5-2-11-6(3-10-5)4-12-8-14-13-7(9)15-8/h2-3H,4H2,1H3,(H2,9,13)(H,12,14). The lowest BCUT2D eigenvalue weighted by atomic mass is 10.4. The lowest BCUT2D eigenvalue weighted by molar-refractivity contribution is 0.585. The fraction of sp³-hybridized carbons (Fsp3) is 0.250. The molecule has 2 aromatic heterocycles. The Kier molecular flexibility index (Phi) is 2.44. The highest BCUT2D eigenvalue weighted by atomic mass is 16.4. The number of rotatable bonds is 3. The zero-order valence-electron chi connectivity index (χ0n) is 8.14. The van der Waals surface area contributed by atoms with Crippen molar-refractivity contribution in [2.75, 3.05) is 11.1 Å². The van der Waals surface area contributed by atoms with E-state index in [1.54, 1.807) is 12.4 Å². The van der Waals surface area contributed by atoms with Crippen LogP contribution in [-0.2, 0) is 6.54 Å². The summed E-state index contributed by atoms with van der Waals surface area (Å²) in [4.78, 5) is 8.26. The molecule has 0 saturated heterocycles. The van der Waals surface area contributed by atoms with Crippen molar-refractivity contribution in [3.8, 4) is 0 Å². The van der Waals surface area contributed by atoms with E-state index in [0.717, 1.165) is 11.4 Å². The highest BCUT2D eigenvalue weighted by Gasteiger charge is 2.02. The average Bonchev–Trinajstić information content (AvgIpc) is 2.64. The van der Waals surface area contributed by atoms with E-state index in [1.165, 1.54) is 0 Å². The van der Waals surface area contributed by atoms with Gasteiger partial charge in [0.1, 0.15) is 0 Å². The minimum Gasteiger partial charge on any atom is -0.390 e. The van der Waals surface area contributed by atoms with Crippen molar-refractivity contribution in [1.29, 1.82) is 0 Å². The summed E-state index contributed by atoms with van der Waals surface area (Å²) in [6, 6.07) is 0.308. The molecule has 0 aliphatic carbocycles. The van der Waals surface area contributed by atoms with Crippen molar-refractivity contribution in [2.24, 2.45) is 0 Å². The molecule has 78 valence electrons. The molecule has 7 nitrogen and oxygen atoms in total. The summed E-state index contributed by atoms with van der Waals surface area (Å²) < 4.78 is 4.93. The summed E-state index contributed by atoms with van der Waals surface area (Å²) in [5.74, 6) is 0. The maximum absolute atomic E-state index is 5.26. The maximum atomic E-state index is 5.26. The zero-order valence-corrected chi connectivity index (χ0v) is 8.14. The number of hydrogen-bond donors (Lipinski definition) is 2. The first-order chi connectivity index (χ1) is 7.24. The van der Waals surface area contributed by atoms with Crippen molar-refractivity contribution >= 4 is 12.0 Å². The van der Waals surface area contributed by atoms with Gasteiger partial charge in [-0.15, -0.1) is 0 Å². The molecule has 15 heavy (non-hydrogen) atoms. The van der Waals surface area contributed by atoms with Gasteiger partial charge in [-0.1, -0.05) is 10.2 Å². The molecule has 7 heteroatoms. The highest BCUT2D eigenvalue weighted by molar-refractivity contribution is 5.23. The third-order valence-electron chi connectivity index (χ3n) is 1.70. The van der Waals surface area contributed by atoms with E-state index in [0.29, 0.717) is 6.54 Å². The minimum atomic E-state index is 0.0347. The van der Waals surface area contributed by atoms with Crippen molar-refractivity contribution in [1.82, 2.24) is 20.2 Å². The van der Waals surface area contributed by atoms with Crippen LogP contribution >= 0.6 is 0 Å². The van der Waals surface area contributed by atoms with Gasteiger partial charge in [0.15, 0.2) is 0 Å². The number of anilines is 2. The molecular weight excluding hydrogens is 196 g/mol. The average molecular weight is 206 g/mol. The van der Waals surface area contributed by atoms with Crippen molar-refractivity contribution in [3.63, 3.8) is 0 Å². The van der Waals surface area contributed by atoms with Crippen LogP contribution in [0.3, 0.4) is 0 Å². The van der Waals surface area contributed by atoms with Crippen LogP contribution in [0.4, 0.5) is 12.0 Å². The van der Waals surface area contributed by atoms with Gasteiger partial charge in [-0.3, -0.25) is 9.97 Å². The molecular formula is C8H10N6O. The number of aromatic nitrogens is 4. The Morgan fingerprint density at radius 1 is 1.33 bits per heavy atom. The van der Waals surface area contributed by atoms with E-state index in [2.05, 4.69) is 25.5 Å². The molecule has 3 N–H and O–H groups in total. The molecule has 0 unspecified atom stereocenters. The van der Waals surface area contributed by atoms with Gasteiger partial charge in [-0.25, -0.2) is 0 Å². The number of nitrogen functional groups attached to an aromatic ring is 1. The molecule has 0 atom stereocenters. The molecule has 2 rings (SSSR count). The Balaban J connectivity index is 1.96. The van der Waals surface area contributed by atoms with Gasteiger partial charge in [-0.05, 0) is 6.92 Å². The predicted molar refractivity (Wildman–Crippen MR) is 52.8 cm³/mol. The SMILES string of the molecule is Cc1cnc(CNc2nnc(N)o2)cn1. The topological polar surface area (TPSA) is 103 Å². The van der Waals surface area contributed by atoms with Gasteiger partial charge < -0.3 is 15.5 Å². The molecule has 2 heterocycles. The lowest BCUT2D eigenvalue weighted by Gasteiger charge is -1.99. The van der Waals surface area contributed by atoms with Crippen molar-refractivity contribution in [2.45, 2.75) is 13.5 Å². The van der Waals surface area contributed by atoms with E-state index >= 15 is 0 Å². The van der Waals surface area contributed by atoms with Gasteiger partial charge in [0.05, 0.1) is 24.1 Å². The fourth-order valence-electron chi connectivity index (χ4n) is 0.983. The smallest absolute Gasteiger partial charge is 0.317 e. The van der Waals surface area contributed by atoms with Crippen LogP contribution in [0.5, 0.6) is 0 Å². The molecule has 0 fully saturated rings. The fourth-order valence-corrected chi connectivity index (χ4v) is 0.983. The number of aryl methyl sites for hydroxylation is 1. The van der Waals surface area contributed by atoms with E-state index in [4.69, 9.17) is 10.2 Å². The van der Waals surface area contributed by atoms with Crippen LogP contribution < -0.4 is 11.1 Å². The third-order valence-corrected chi connectivity index (χ3v) is 1.70. The first kappa shape index (κ1) is 9.38. The van der Waals surface area contributed by atoms with Gasteiger partial charge in [0, 0.05) is 6.20 Å². The maximum Gasteiger partial charge on any atom is 0.317 e. The van der Waals surface area contributed by atoms with Crippen molar-refractivity contribution < 1.29 is 4.42 Å². The second-order valence-electron chi connectivity index (χ2n) is 2.95. The second-order valence-corrected chi connectivity index (χ2v) is 2.95. The summed E-state index contributed by atoms with van der Waals surface area (Å²) in [6.07, 6.45) is 3.38. The summed E-state index contributed by atoms with van der Waals surface area (Å²) in [6.45, 7) is 2.35. The molecule has 0 radical (unpaired) electrons. The summed E-state index contributed by atoms with van der Waals surface area (Å²) in [5.41, 5.74) is 6.92. The monoisotopic (exact) mass is 206 g/mol. The van der Waals surface area contributed by atoms with E-state index in [9.17, 15) is 0 Å². The number of nitrogens with zero attached hydrogens (tertiary/aromatic N) is 4. The van der Waals surface area contributed by atoms with Crippen LogP contribution in [0, 0.1) is 6.92 Å². The minimum absolute atomic E-state index is 0.0347. The van der Waals surface area contributed by atoms with Crippen LogP contribution in [0.25, 0.3) is 0 Å². The molecule has 0 aliphatic heterocycles. The quantitative estimate of drug-likeness (QED) is 0.747. The summed E-state index contributed by atoms with van der Waals surface area (Å²) in [5, 5.41) is 10.0. The Morgan fingerprint density at radius 2 is 2.20 bits per heavy atom. The molecule has 0 aliphatic rings. The van der Waals surface area contributed by atoms with Crippen molar-refractivity contribution in [3.05, 3.63) is 23.8 Å². The number of hydrogen-bond acceptors (Lipinski definition) is 7. The first-order valence-electron chi connectivity index (χ1n) is 4.34. The van der Waals surface area contributed by atoms with Gasteiger partial charge in [0.25, 0.3) is 0 Å². The number of nitrogens with two attached hydrogens (primary N) is 1. The third kappa shape index (κ3) is 2.39. The molecule has 2 aromatic rings. The van der Waals surface area contributed by atoms with Gasteiger partial charge in [-0.2, -0.15) is 0 Å². The summed E-state index contributed by atoms with van der Waals surface area (Å²) in [7, 11) is 0. The first-order valence-corrected chi connectivity index (χ1v) is 4.34. The Bertz CT molecular complexity index is 437. The Hall–Kier alpha value is -2.18. The van der Waals surface area contributed by atoms with Crippen LogP contribution in [0.1, 0.15) is 11.4 Å². The normalized spacial score (nSPS) is 10.2. The predicted octanol–water partition coefficient (Wildman–Crippen LogP) is 0.362. The van der Waals surface area contributed by atoms with E-state index in [-0.39, 0.29) is 12.0 Å². The van der Waals surface area contributed by atoms with Gasteiger partial charge >= 0.3 is 12.0 Å². The second kappa shape index (κ2) is 3.91. The van der Waals surface area contributed by atoms with E-state index < -0.39 is 0 Å². The molecule has 0 amide bonds. The largest absolute Gasteiger partial charge is 0.390 e. The molecule has 0 spiro atoms. The molecule has 0 aromatic carbocycles. The van der Waals surface area contributed by atoms with Crippen LogP contribution in [0.15, 0.2) is 16.8 Å². The van der Waals surface area contributed by atoms with Crippen LogP contribution in [0.2, 0.25) is 0 Å². The highest BCUT2D eigenvalue weighted by Crippen LogP contribution is 2.07. The lowest BCUT2D eigenvalue weighted by Crippen LogP contribution is -2.02. The van der Waals surface area contributed by atoms with E-state index in [1.807, 2.05) is 6.92 Å². The molecule has 0 saturated carbocycles. The Labute approximate surface area is 85.7 Å². The van der Waals surface area contributed by atoms with Gasteiger partial charge in [0.2, 0.25) is 0 Å².